The molecule has 2 aromatic rings. The summed E-state index contributed by atoms with van der Waals surface area (Å²) >= 11 is 3.13. The Labute approximate surface area is 111 Å². The summed E-state index contributed by atoms with van der Waals surface area (Å²) in [6, 6.07) is 5.52. The highest BCUT2D eigenvalue weighted by atomic mass is 79.9. The lowest BCUT2D eigenvalue weighted by atomic mass is 10.2. The molecule has 18 heavy (non-hydrogen) atoms. The van der Waals surface area contributed by atoms with Gasteiger partial charge < -0.3 is 11.1 Å². The standard InChI is InChI=1S/C12H9BrFN3O/c13-8-3-7(4-9(14)5-8)12(18)17-11-1-2-16-6-10(11)15/h1-6H,15H2,(H,16,17,18). The third kappa shape index (κ3) is 2.84. The lowest BCUT2D eigenvalue weighted by molar-refractivity contribution is 0.102. The smallest absolute Gasteiger partial charge is 0.255 e. The maximum absolute atomic E-state index is 13.2. The van der Waals surface area contributed by atoms with Crippen LogP contribution in [0.3, 0.4) is 0 Å². The summed E-state index contributed by atoms with van der Waals surface area (Å²) < 4.78 is 13.7. The molecule has 0 atom stereocenters. The van der Waals surface area contributed by atoms with E-state index in [0.29, 0.717) is 15.8 Å². The van der Waals surface area contributed by atoms with Crippen molar-refractivity contribution in [3.05, 3.63) is 52.5 Å². The van der Waals surface area contributed by atoms with Crippen molar-refractivity contribution in [1.82, 2.24) is 4.98 Å². The Bertz CT molecular complexity index is 583. The second-order valence-electron chi connectivity index (χ2n) is 3.58. The first-order valence-electron chi connectivity index (χ1n) is 5.03. The van der Waals surface area contributed by atoms with Crippen LogP contribution in [0.1, 0.15) is 10.4 Å². The molecule has 0 aliphatic carbocycles. The van der Waals surface area contributed by atoms with Gasteiger partial charge in [0.2, 0.25) is 0 Å². The van der Waals surface area contributed by atoms with Gasteiger partial charge in [-0.05, 0) is 24.3 Å². The molecule has 1 heterocycles. The van der Waals surface area contributed by atoms with E-state index < -0.39 is 11.7 Å². The van der Waals surface area contributed by atoms with Crippen LogP contribution in [0.4, 0.5) is 15.8 Å². The average molecular weight is 310 g/mol. The van der Waals surface area contributed by atoms with Crippen molar-refractivity contribution >= 4 is 33.2 Å². The molecule has 1 amide bonds. The molecule has 0 spiro atoms. The summed E-state index contributed by atoms with van der Waals surface area (Å²) in [6.07, 6.45) is 2.94. The van der Waals surface area contributed by atoms with E-state index >= 15 is 0 Å². The molecule has 3 N–H and O–H groups in total. The van der Waals surface area contributed by atoms with Crippen LogP contribution < -0.4 is 11.1 Å². The minimum atomic E-state index is -0.489. The van der Waals surface area contributed by atoms with Gasteiger partial charge in [-0.1, -0.05) is 15.9 Å². The van der Waals surface area contributed by atoms with Gasteiger partial charge in [0.1, 0.15) is 5.82 Å². The molecular formula is C12H9BrFN3O. The fourth-order valence-electron chi connectivity index (χ4n) is 1.40. The van der Waals surface area contributed by atoms with Gasteiger partial charge in [-0.15, -0.1) is 0 Å². The third-order valence-electron chi connectivity index (χ3n) is 2.22. The largest absolute Gasteiger partial charge is 0.396 e. The Morgan fingerprint density at radius 3 is 2.83 bits per heavy atom. The first kappa shape index (κ1) is 12.5. The minimum Gasteiger partial charge on any atom is -0.396 e. The summed E-state index contributed by atoms with van der Waals surface area (Å²) in [6.45, 7) is 0. The number of halogens is 2. The van der Waals surface area contributed by atoms with Gasteiger partial charge in [0, 0.05) is 16.2 Å². The number of nitrogens with one attached hydrogen (secondary N) is 1. The van der Waals surface area contributed by atoms with Crippen molar-refractivity contribution in [2.24, 2.45) is 0 Å². The molecule has 0 saturated heterocycles. The van der Waals surface area contributed by atoms with E-state index in [1.54, 1.807) is 6.07 Å². The summed E-state index contributed by atoms with van der Waals surface area (Å²) in [7, 11) is 0. The van der Waals surface area contributed by atoms with Crippen molar-refractivity contribution < 1.29 is 9.18 Å². The lowest BCUT2D eigenvalue weighted by Gasteiger charge is -2.07. The lowest BCUT2D eigenvalue weighted by Crippen LogP contribution is -2.13. The summed E-state index contributed by atoms with van der Waals surface area (Å²) in [5.74, 6) is -0.926. The summed E-state index contributed by atoms with van der Waals surface area (Å²) in [5, 5.41) is 2.59. The van der Waals surface area contributed by atoms with Crippen LogP contribution in [-0.2, 0) is 0 Å². The summed E-state index contributed by atoms with van der Waals surface area (Å²) in [4.78, 5) is 15.7. The van der Waals surface area contributed by atoms with Gasteiger partial charge in [0.15, 0.2) is 0 Å². The van der Waals surface area contributed by atoms with E-state index in [1.165, 1.54) is 24.5 Å². The van der Waals surface area contributed by atoms with Crippen LogP contribution in [0.5, 0.6) is 0 Å². The van der Waals surface area contributed by atoms with Crippen LogP contribution >= 0.6 is 15.9 Å². The van der Waals surface area contributed by atoms with Gasteiger partial charge in [0.05, 0.1) is 17.6 Å². The molecule has 0 bridgehead atoms. The highest BCUT2D eigenvalue weighted by Crippen LogP contribution is 2.19. The van der Waals surface area contributed by atoms with E-state index in [2.05, 4.69) is 26.2 Å². The highest BCUT2D eigenvalue weighted by Gasteiger charge is 2.10. The van der Waals surface area contributed by atoms with Crippen molar-refractivity contribution in [2.75, 3.05) is 11.1 Å². The SMILES string of the molecule is Nc1cnccc1NC(=O)c1cc(F)cc(Br)c1. The van der Waals surface area contributed by atoms with Crippen LogP contribution in [-0.4, -0.2) is 10.9 Å². The number of pyridine rings is 1. The number of nitrogen functional groups attached to an aromatic ring is 1. The van der Waals surface area contributed by atoms with Crippen LogP contribution in [0.2, 0.25) is 0 Å². The average Bonchev–Trinajstić information content (AvgIpc) is 2.31. The Balaban J connectivity index is 2.25. The zero-order valence-corrected chi connectivity index (χ0v) is 10.7. The predicted octanol–water partition coefficient (Wildman–Crippen LogP) is 2.82. The number of nitrogens with two attached hydrogens (primary N) is 1. The number of rotatable bonds is 2. The zero-order chi connectivity index (χ0) is 13.1. The predicted molar refractivity (Wildman–Crippen MR) is 70.7 cm³/mol. The molecule has 0 aliphatic rings. The fraction of sp³-hybridized carbons (Fsp3) is 0. The molecule has 0 saturated carbocycles. The van der Waals surface area contributed by atoms with Crippen LogP contribution in [0.15, 0.2) is 41.1 Å². The number of benzene rings is 1. The topological polar surface area (TPSA) is 68.0 Å². The van der Waals surface area contributed by atoms with Gasteiger partial charge in [-0.2, -0.15) is 0 Å². The van der Waals surface area contributed by atoms with E-state index in [1.807, 2.05) is 0 Å². The van der Waals surface area contributed by atoms with Crippen molar-refractivity contribution in [2.45, 2.75) is 0 Å². The number of hydrogen-bond donors (Lipinski definition) is 2. The number of hydrogen-bond acceptors (Lipinski definition) is 3. The zero-order valence-electron chi connectivity index (χ0n) is 9.15. The Morgan fingerprint density at radius 1 is 1.39 bits per heavy atom. The minimum absolute atomic E-state index is 0.207. The van der Waals surface area contributed by atoms with E-state index in [-0.39, 0.29) is 5.56 Å². The number of aromatic nitrogens is 1. The molecule has 0 radical (unpaired) electrons. The molecular weight excluding hydrogens is 301 g/mol. The van der Waals surface area contributed by atoms with Gasteiger partial charge >= 0.3 is 0 Å². The van der Waals surface area contributed by atoms with Crippen LogP contribution in [0.25, 0.3) is 0 Å². The number of carbonyl (C=O) groups excluding carboxylic acids is 1. The normalized spacial score (nSPS) is 10.1. The molecule has 0 aliphatic heterocycles. The maximum atomic E-state index is 13.2. The fourth-order valence-corrected chi connectivity index (χ4v) is 1.87. The second kappa shape index (κ2) is 5.14. The van der Waals surface area contributed by atoms with E-state index in [0.717, 1.165) is 6.07 Å². The number of carbonyl (C=O) groups is 1. The molecule has 1 aromatic carbocycles. The molecule has 1 aromatic heterocycles. The quantitative estimate of drug-likeness (QED) is 0.896. The molecule has 6 heteroatoms. The van der Waals surface area contributed by atoms with Crippen LogP contribution in [0, 0.1) is 5.82 Å². The Kier molecular flexibility index (Phi) is 3.57. The Hall–Kier alpha value is -1.95. The van der Waals surface area contributed by atoms with Crippen molar-refractivity contribution in [1.29, 1.82) is 0 Å². The molecule has 0 fully saturated rings. The first-order valence-corrected chi connectivity index (χ1v) is 5.82. The molecule has 0 unspecified atom stereocenters. The third-order valence-corrected chi connectivity index (χ3v) is 2.68. The van der Waals surface area contributed by atoms with Gasteiger partial charge in [-0.25, -0.2) is 4.39 Å². The number of amides is 1. The van der Waals surface area contributed by atoms with Crippen molar-refractivity contribution in [3.8, 4) is 0 Å². The molecule has 4 nitrogen and oxygen atoms in total. The monoisotopic (exact) mass is 309 g/mol. The van der Waals surface area contributed by atoms with E-state index in [9.17, 15) is 9.18 Å². The summed E-state index contributed by atoms with van der Waals surface area (Å²) in [5.41, 5.74) is 6.64. The molecule has 92 valence electrons. The van der Waals surface area contributed by atoms with Gasteiger partial charge in [-0.3, -0.25) is 9.78 Å². The van der Waals surface area contributed by atoms with Gasteiger partial charge in [0.25, 0.3) is 5.91 Å². The maximum Gasteiger partial charge on any atom is 0.255 e. The molecule has 2 rings (SSSR count). The Morgan fingerprint density at radius 2 is 2.17 bits per heavy atom. The second-order valence-corrected chi connectivity index (χ2v) is 4.49. The number of anilines is 2. The van der Waals surface area contributed by atoms with Crippen molar-refractivity contribution in [3.63, 3.8) is 0 Å². The first-order chi connectivity index (χ1) is 8.56. The van der Waals surface area contributed by atoms with E-state index in [4.69, 9.17) is 5.73 Å². The highest BCUT2D eigenvalue weighted by molar-refractivity contribution is 9.10. The number of nitrogens with zero attached hydrogens (tertiary/aromatic N) is 1.